The van der Waals surface area contributed by atoms with Crippen molar-refractivity contribution in [2.45, 2.75) is 40.2 Å². The number of benzene rings is 1. The first-order valence-electron chi connectivity index (χ1n) is 5.86. The molecule has 0 atom stereocenters. The second-order valence-corrected chi connectivity index (χ2v) is 5.19. The van der Waals surface area contributed by atoms with Crippen LogP contribution in [0.4, 0.5) is 5.69 Å². The number of aliphatic hydroxyl groups excluding tert-OH is 1. The van der Waals surface area contributed by atoms with Gasteiger partial charge in [0.25, 0.3) is 0 Å². The summed E-state index contributed by atoms with van der Waals surface area (Å²) in [4.78, 5) is 0. The molecule has 0 aliphatic heterocycles. The van der Waals surface area contributed by atoms with Gasteiger partial charge in [-0.2, -0.15) is 0 Å². The highest BCUT2D eigenvalue weighted by Crippen LogP contribution is 2.32. The number of hydrogen-bond donors (Lipinski definition) is 2. The summed E-state index contributed by atoms with van der Waals surface area (Å²) in [7, 11) is 1.69. The van der Waals surface area contributed by atoms with Crippen molar-refractivity contribution in [1.29, 1.82) is 0 Å². The smallest absolute Gasteiger partial charge is 0.122 e. The topological polar surface area (TPSA) is 41.5 Å². The first-order valence-corrected chi connectivity index (χ1v) is 5.86. The van der Waals surface area contributed by atoms with Crippen LogP contribution in [-0.4, -0.2) is 24.4 Å². The normalized spacial score (nSPS) is 11.5. The SMILES string of the molecule is COc1cc(C)c(NC(C)(C)CO)c(C)c1C. The molecule has 1 aromatic rings. The lowest BCUT2D eigenvalue weighted by Gasteiger charge is -2.28. The van der Waals surface area contributed by atoms with Crippen LogP contribution in [0.2, 0.25) is 0 Å². The molecule has 1 rings (SSSR count). The lowest BCUT2D eigenvalue weighted by atomic mass is 9.99. The zero-order valence-electron chi connectivity index (χ0n) is 11.6. The van der Waals surface area contributed by atoms with Crippen molar-refractivity contribution in [2.24, 2.45) is 0 Å². The minimum absolute atomic E-state index is 0.0942. The molecule has 96 valence electrons. The molecular weight excluding hydrogens is 214 g/mol. The number of nitrogens with one attached hydrogen (secondary N) is 1. The molecule has 0 aromatic heterocycles. The zero-order chi connectivity index (χ0) is 13.2. The van der Waals surface area contributed by atoms with Crippen LogP contribution in [0.25, 0.3) is 0 Å². The molecule has 0 aliphatic rings. The summed E-state index contributed by atoms with van der Waals surface area (Å²) in [5, 5.41) is 12.7. The third kappa shape index (κ3) is 2.91. The summed E-state index contributed by atoms with van der Waals surface area (Å²) in [6.45, 7) is 10.2. The largest absolute Gasteiger partial charge is 0.496 e. The Kier molecular flexibility index (Phi) is 4.04. The van der Waals surface area contributed by atoms with Gasteiger partial charge in [-0.05, 0) is 57.4 Å². The molecule has 0 unspecified atom stereocenters. The second kappa shape index (κ2) is 4.96. The van der Waals surface area contributed by atoms with Gasteiger partial charge in [0, 0.05) is 5.69 Å². The molecule has 0 bridgehead atoms. The van der Waals surface area contributed by atoms with Gasteiger partial charge in [-0.1, -0.05) is 0 Å². The number of hydrogen-bond acceptors (Lipinski definition) is 3. The van der Waals surface area contributed by atoms with Crippen LogP contribution in [0.1, 0.15) is 30.5 Å². The molecule has 0 fully saturated rings. The van der Waals surface area contributed by atoms with E-state index in [9.17, 15) is 5.11 Å². The van der Waals surface area contributed by atoms with Crippen LogP contribution in [0.3, 0.4) is 0 Å². The van der Waals surface area contributed by atoms with Crippen LogP contribution < -0.4 is 10.1 Å². The Labute approximate surface area is 104 Å². The fourth-order valence-corrected chi connectivity index (χ4v) is 1.83. The van der Waals surface area contributed by atoms with Gasteiger partial charge in [0.15, 0.2) is 0 Å². The van der Waals surface area contributed by atoms with Crippen molar-refractivity contribution in [1.82, 2.24) is 0 Å². The number of anilines is 1. The van der Waals surface area contributed by atoms with Gasteiger partial charge in [0.05, 0.1) is 19.3 Å². The van der Waals surface area contributed by atoms with Crippen molar-refractivity contribution in [3.63, 3.8) is 0 Å². The fraction of sp³-hybridized carbons (Fsp3) is 0.571. The van der Waals surface area contributed by atoms with Gasteiger partial charge in [0.1, 0.15) is 5.75 Å². The monoisotopic (exact) mass is 237 g/mol. The molecule has 0 radical (unpaired) electrons. The van der Waals surface area contributed by atoms with Gasteiger partial charge in [-0.3, -0.25) is 0 Å². The second-order valence-electron chi connectivity index (χ2n) is 5.19. The van der Waals surface area contributed by atoms with Crippen molar-refractivity contribution in [3.05, 3.63) is 22.8 Å². The Bertz CT molecular complexity index is 411. The number of rotatable bonds is 4. The van der Waals surface area contributed by atoms with Crippen molar-refractivity contribution >= 4 is 5.69 Å². The van der Waals surface area contributed by atoms with Crippen LogP contribution in [0, 0.1) is 20.8 Å². The Morgan fingerprint density at radius 3 is 2.29 bits per heavy atom. The van der Waals surface area contributed by atoms with E-state index in [4.69, 9.17) is 4.74 Å². The van der Waals surface area contributed by atoms with E-state index in [-0.39, 0.29) is 12.1 Å². The predicted octanol–water partition coefficient (Wildman–Crippen LogP) is 2.80. The zero-order valence-corrected chi connectivity index (χ0v) is 11.6. The van der Waals surface area contributed by atoms with E-state index in [1.807, 2.05) is 33.8 Å². The molecule has 17 heavy (non-hydrogen) atoms. The molecule has 0 saturated carbocycles. The van der Waals surface area contributed by atoms with Gasteiger partial charge < -0.3 is 15.2 Å². The number of ether oxygens (including phenoxy) is 1. The van der Waals surface area contributed by atoms with Crippen molar-refractivity contribution in [2.75, 3.05) is 19.0 Å². The first kappa shape index (κ1) is 13.8. The van der Waals surface area contributed by atoms with Crippen LogP contribution in [0.15, 0.2) is 6.07 Å². The highest BCUT2D eigenvalue weighted by Gasteiger charge is 2.19. The molecule has 0 heterocycles. The average molecular weight is 237 g/mol. The maximum Gasteiger partial charge on any atom is 0.122 e. The summed E-state index contributed by atoms with van der Waals surface area (Å²) in [5.41, 5.74) is 4.20. The van der Waals surface area contributed by atoms with E-state index in [1.54, 1.807) is 7.11 Å². The number of methoxy groups -OCH3 is 1. The Balaban J connectivity index is 3.22. The number of aryl methyl sites for hydroxylation is 1. The average Bonchev–Trinajstić information content (AvgIpc) is 2.29. The summed E-state index contributed by atoms with van der Waals surface area (Å²) in [5.74, 6) is 0.910. The van der Waals surface area contributed by atoms with Gasteiger partial charge >= 0.3 is 0 Å². The molecule has 0 saturated heterocycles. The van der Waals surface area contributed by atoms with E-state index in [0.717, 1.165) is 22.6 Å². The van der Waals surface area contributed by atoms with E-state index in [2.05, 4.69) is 12.2 Å². The fourth-order valence-electron chi connectivity index (χ4n) is 1.83. The van der Waals surface area contributed by atoms with E-state index >= 15 is 0 Å². The molecule has 3 nitrogen and oxygen atoms in total. The number of aliphatic hydroxyl groups is 1. The van der Waals surface area contributed by atoms with Gasteiger partial charge in [-0.25, -0.2) is 0 Å². The molecular formula is C14H23NO2. The first-order chi connectivity index (χ1) is 7.82. The third-order valence-corrected chi connectivity index (χ3v) is 3.13. The molecule has 1 aromatic carbocycles. The van der Waals surface area contributed by atoms with Crippen LogP contribution in [-0.2, 0) is 0 Å². The quantitative estimate of drug-likeness (QED) is 0.846. The summed E-state index contributed by atoms with van der Waals surface area (Å²) in [6.07, 6.45) is 0. The predicted molar refractivity (Wildman–Crippen MR) is 72.0 cm³/mol. The summed E-state index contributed by atoms with van der Waals surface area (Å²) >= 11 is 0. The molecule has 0 amide bonds. The third-order valence-electron chi connectivity index (χ3n) is 3.13. The standard InChI is InChI=1S/C14H23NO2/c1-9-7-12(17-6)10(2)11(3)13(9)15-14(4,5)8-16/h7,15-16H,8H2,1-6H3. The highest BCUT2D eigenvalue weighted by atomic mass is 16.5. The maximum atomic E-state index is 9.32. The lowest BCUT2D eigenvalue weighted by molar-refractivity contribution is 0.234. The molecule has 0 spiro atoms. The van der Waals surface area contributed by atoms with E-state index in [1.165, 1.54) is 5.56 Å². The Hall–Kier alpha value is -1.22. The van der Waals surface area contributed by atoms with Crippen LogP contribution in [0.5, 0.6) is 5.75 Å². The minimum atomic E-state index is -0.323. The van der Waals surface area contributed by atoms with Gasteiger partial charge in [-0.15, -0.1) is 0 Å². The lowest BCUT2D eigenvalue weighted by Crippen LogP contribution is -2.35. The molecule has 0 aliphatic carbocycles. The Morgan fingerprint density at radius 1 is 1.24 bits per heavy atom. The van der Waals surface area contributed by atoms with Crippen LogP contribution >= 0.6 is 0 Å². The van der Waals surface area contributed by atoms with Crippen molar-refractivity contribution in [3.8, 4) is 5.75 Å². The molecule has 2 N–H and O–H groups in total. The van der Waals surface area contributed by atoms with E-state index in [0.29, 0.717) is 0 Å². The minimum Gasteiger partial charge on any atom is -0.496 e. The Morgan fingerprint density at radius 2 is 1.82 bits per heavy atom. The molecule has 3 heteroatoms. The van der Waals surface area contributed by atoms with Crippen molar-refractivity contribution < 1.29 is 9.84 Å². The highest BCUT2D eigenvalue weighted by molar-refractivity contribution is 5.64. The summed E-state index contributed by atoms with van der Waals surface area (Å²) < 4.78 is 5.34. The van der Waals surface area contributed by atoms with Gasteiger partial charge in [0.2, 0.25) is 0 Å². The van der Waals surface area contributed by atoms with E-state index < -0.39 is 0 Å². The summed E-state index contributed by atoms with van der Waals surface area (Å²) in [6, 6.07) is 2.03. The maximum absolute atomic E-state index is 9.32.